The van der Waals surface area contributed by atoms with Gasteiger partial charge < -0.3 is 5.73 Å². The fourth-order valence-electron chi connectivity index (χ4n) is 2.21. The molecule has 1 aromatic heterocycles. The van der Waals surface area contributed by atoms with Crippen LogP contribution in [-0.4, -0.2) is 4.98 Å². The Labute approximate surface area is 127 Å². The van der Waals surface area contributed by atoms with Gasteiger partial charge in [0.05, 0.1) is 5.69 Å². The molecule has 1 heterocycles. The van der Waals surface area contributed by atoms with Crippen LogP contribution in [0.1, 0.15) is 11.1 Å². The molecule has 3 rings (SSSR count). The maximum atomic E-state index is 13.2. The van der Waals surface area contributed by atoms with Gasteiger partial charge in [0, 0.05) is 23.1 Å². The van der Waals surface area contributed by atoms with E-state index in [1.165, 1.54) is 12.1 Å². The molecule has 0 radical (unpaired) electrons. The average Bonchev–Trinajstić information content (AvgIpc) is 2.97. The molecule has 3 aromatic rings. The van der Waals surface area contributed by atoms with Gasteiger partial charge in [-0.1, -0.05) is 24.3 Å². The van der Waals surface area contributed by atoms with Crippen molar-refractivity contribution in [1.82, 2.24) is 4.98 Å². The Hall–Kier alpha value is -2.04. The molecule has 0 amide bonds. The Balaban J connectivity index is 1.95. The van der Waals surface area contributed by atoms with Crippen molar-refractivity contribution in [3.63, 3.8) is 0 Å². The summed E-state index contributed by atoms with van der Waals surface area (Å²) < 4.78 is 13.2. The van der Waals surface area contributed by atoms with E-state index in [4.69, 9.17) is 5.73 Å². The summed E-state index contributed by atoms with van der Waals surface area (Å²) in [4.78, 5) is 4.66. The minimum atomic E-state index is -0.217. The molecule has 0 aliphatic heterocycles. The first kappa shape index (κ1) is 13.9. The zero-order valence-electron chi connectivity index (χ0n) is 11.6. The number of nitrogens with zero attached hydrogens (tertiary/aromatic N) is 1. The Morgan fingerprint density at radius 1 is 1.14 bits per heavy atom. The maximum Gasteiger partial charge on any atom is 0.124 e. The number of thiazole rings is 1. The van der Waals surface area contributed by atoms with Crippen LogP contribution in [0.5, 0.6) is 0 Å². The third-order valence-corrected chi connectivity index (χ3v) is 4.28. The molecule has 0 saturated carbocycles. The SMILES string of the molecule is Cc1cc(F)ccc1-c1nc(-c2ccc(CN)cc2)cs1. The van der Waals surface area contributed by atoms with E-state index in [0.29, 0.717) is 6.54 Å². The quantitative estimate of drug-likeness (QED) is 0.779. The van der Waals surface area contributed by atoms with Crippen molar-refractivity contribution < 1.29 is 4.39 Å². The number of hydrogen-bond donors (Lipinski definition) is 1. The summed E-state index contributed by atoms with van der Waals surface area (Å²) in [5.41, 5.74) is 10.6. The molecule has 106 valence electrons. The summed E-state index contributed by atoms with van der Waals surface area (Å²) in [6.45, 7) is 2.44. The zero-order chi connectivity index (χ0) is 14.8. The van der Waals surface area contributed by atoms with E-state index >= 15 is 0 Å². The predicted molar refractivity (Wildman–Crippen MR) is 85.6 cm³/mol. The third kappa shape index (κ3) is 2.86. The van der Waals surface area contributed by atoms with Crippen molar-refractivity contribution in [2.45, 2.75) is 13.5 Å². The zero-order valence-corrected chi connectivity index (χ0v) is 12.5. The summed E-state index contributed by atoms with van der Waals surface area (Å²) in [7, 11) is 0. The lowest BCUT2D eigenvalue weighted by Gasteiger charge is -2.02. The Bertz CT molecular complexity index is 763. The van der Waals surface area contributed by atoms with Gasteiger partial charge in [0.2, 0.25) is 0 Å². The molecule has 2 nitrogen and oxygen atoms in total. The van der Waals surface area contributed by atoms with Crippen LogP contribution in [0.3, 0.4) is 0 Å². The second-order valence-electron chi connectivity index (χ2n) is 4.90. The molecule has 0 fully saturated rings. The number of nitrogens with two attached hydrogens (primary N) is 1. The highest BCUT2D eigenvalue weighted by atomic mass is 32.1. The summed E-state index contributed by atoms with van der Waals surface area (Å²) >= 11 is 1.57. The molecule has 0 bridgehead atoms. The first-order valence-corrected chi connectivity index (χ1v) is 7.57. The van der Waals surface area contributed by atoms with E-state index in [9.17, 15) is 4.39 Å². The van der Waals surface area contributed by atoms with Crippen molar-refractivity contribution in [1.29, 1.82) is 0 Å². The number of halogens is 1. The van der Waals surface area contributed by atoms with Gasteiger partial charge in [0.15, 0.2) is 0 Å². The lowest BCUT2D eigenvalue weighted by Crippen LogP contribution is -1.95. The van der Waals surface area contributed by atoms with Crippen LogP contribution in [0, 0.1) is 12.7 Å². The number of aromatic nitrogens is 1. The Morgan fingerprint density at radius 3 is 2.57 bits per heavy atom. The number of rotatable bonds is 3. The highest BCUT2D eigenvalue weighted by Gasteiger charge is 2.09. The molecule has 0 aliphatic carbocycles. The van der Waals surface area contributed by atoms with Crippen molar-refractivity contribution in [3.05, 3.63) is 64.8 Å². The molecular formula is C17H15FN2S. The Kier molecular flexibility index (Phi) is 3.82. The van der Waals surface area contributed by atoms with Gasteiger partial charge in [-0.15, -0.1) is 11.3 Å². The molecule has 2 N–H and O–H groups in total. The van der Waals surface area contributed by atoms with Gasteiger partial charge in [-0.25, -0.2) is 9.37 Å². The van der Waals surface area contributed by atoms with Crippen LogP contribution in [-0.2, 0) is 6.54 Å². The van der Waals surface area contributed by atoms with Gasteiger partial charge in [-0.05, 0) is 36.2 Å². The minimum Gasteiger partial charge on any atom is -0.326 e. The monoisotopic (exact) mass is 298 g/mol. The molecule has 21 heavy (non-hydrogen) atoms. The van der Waals surface area contributed by atoms with Gasteiger partial charge in [0.25, 0.3) is 0 Å². The van der Waals surface area contributed by atoms with Crippen LogP contribution in [0.15, 0.2) is 47.8 Å². The van der Waals surface area contributed by atoms with E-state index in [1.807, 2.05) is 36.6 Å². The van der Waals surface area contributed by atoms with E-state index in [0.717, 1.165) is 33.0 Å². The van der Waals surface area contributed by atoms with E-state index in [1.54, 1.807) is 17.4 Å². The normalized spacial score (nSPS) is 10.8. The summed E-state index contributed by atoms with van der Waals surface area (Å²) in [5, 5.41) is 2.93. The standard InChI is InChI=1S/C17H15FN2S/c1-11-8-14(18)6-7-15(11)17-20-16(10-21-17)13-4-2-12(9-19)3-5-13/h2-8,10H,9,19H2,1H3. The molecule has 0 unspecified atom stereocenters. The molecular weight excluding hydrogens is 283 g/mol. The van der Waals surface area contributed by atoms with Gasteiger partial charge in [-0.3, -0.25) is 0 Å². The maximum absolute atomic E-state index is 13.2. The highest BCUT2D eigenvalue weighted by Crippen LogP contribution is 2.31. The molecule has 0 spiro atoms. The molecule has 2 aromatic carbocycles. The van der Waals surface area contributed by atoms with Crippen LogP contribution < -0.4 is 5.73 Å². The predicted octanol–water partition coefficient (Wildman–Crippen LogP) is 4.38. The lowest BCUT2D eigenvalue weighted by atomic mass is 10.1. The second kappa shape index (κ2) is 5.76. The van der Waals surface area contributed by atoms with E-state index in [2.05, 4.69) is 4.98 Å². The molecule has 0 saturated heterocycles. The fourth-order valence-corrected chi connectivity index (χ4v) is 3.13. The number of aryl methyl sites for hydroxylation is 1. The second-order valence-corrected chi connectivity index (χ2v) is 5.76. The summed E-state index contributed by atoms with van der Waals surface area (Å²) in [5.74, 6) is -0.217. The fraction of sp³-hybridized carbons (Fsp3) is 0.118. The molecule has 0 aliphatic rings. The van der Waals surface area contributed by atoms with Crippen molar-refractivity contribution in [2.24, 2.45) is 5.73 Å². The summed E-state index contributed by atoms with van der Waals surface area (Å²) in [6.07, 6.45) is 0. The van der Waals surface area contributed by atoms with Gasteiger partial charge in [-0.2, -0.15) is 0 Å². The smallest absolute Gasteiger partial charge is 0.124 e. The van der Waals surface area contributed by atoms with Gasteiger partial charge in [0.1, 0.15) is 10.8 Å². The van der Waals surface area contributed by atoms with Gasteiger partial charge >= 0.3 is 0 Å². The lowest BCUT2D eigenvalue weighted by molar-refractivity contribution is 0.627. The van der Waals surface area contributed by atoms with E-state index in [-0.39, 0.29) is 5.82 Å². The molecule has 0 atom stereocenters. The third-order valence-electron chi connectivity index (χ3n) is 3.41. The van der Waals surface area contributed by atoms with Crippen molar-refractivity contribution in [2.75, 3.05) is 0 Å². The van der Waals surface area contributed by atoms with Crippen molar-refractivity contribution in [3.8, 4) is 21.8 Å². The average molecular weight is 298 g/mol. The van der Waals surface area contributed by atoms with Crippen molar-refractivity contribution >= 4 is 11.3 Å². The first-order chi connectivity index (χ1) is 10.2. The number of benzene rings is 2. The largest absolute Gasteiger partial charge is 0.326 e. The minimum absolute atomic E-state index is 0.217. The van der Waals surface area contributed by atoms with Crippen LogP contribution >= 0.6 is 11.3 Å². The van der Waals surface area contributed by atoms with Crippen LogP contribution in [0.2, 0.25) is 0 Å². The molecule has 4 heteroatoms. The summed E-state index contributed by atoms with van der Waals surface area (Å²) in [6, 6.07) is 12.9. The highest BCUT2D eigenvalue weighted by molar-refractivity contribution is 7.13. The number of hydrogen-bond acceptors (Lipinski definition) is 3. The first-order valence-electron chi connectivity index (χ1n) is 6.69. The van der Waals surface area contributed by atoms with Crippen LogP contribution in [0.25, 0.3) is 21.8 Å². The topological polar surface area (TPSA) is 38.9 Å². The Morgan fingerprint density at radius 2 is 1.90 bits per heavy atom. The van der Waals surface area contributed by atoms with E-state index < -0.39 is 0 Å². The van der Waals surface area contributed by atoms with Crippen LogP contribution in [0.4, 0.5) is 4.39 Å².